The molecule has 4 nitrogen and oxygen atoms in total. The smallest absolute Gasteiger partial charge is 0.149 e. The lowest BCUT2D eigenvalue weighted by atomic mass is 10.1. The van der Waals surface area contributed by atoms with Gasteiger partial charge in [0.05, 0.1) is 45.1 Å². The highest BCUT2D eigenvalue weighted by atomic mass is 16.5. The zero-order valence-corrected chi connectivity index (χ0v) is 8.85. The zero-order chi connectivity index (χ0) is 10.3. The van der Waals surface area contributed by atoms with E-state index in [-0.39, 0.29) is 0 Å². The van der Waals surface area contributed by atoms with Crippen molar-refractivity contribution < 1.29 is 14.3 Å². The molecule has 2 heterocycles. The van der Waals surface area contributed by atoms with Crippen molar-refractivity contribution in [1.29, 1.82) is 0 Å². The van der Waals surface area contributed by atoms with Crippen molar-refractivity contribution in [3.8, 4) is 0 Å². The van der Waals surface area contributed by atoms with Gasteiger partial charge in [-0.15, -0.1) is 0 Å². The molecule has 3 fully saturated rings. The maximum Gasteiger partial charge on any atom is 0.149 e. The molecule has 3 rings (SSSR count). The lowest BCUT2D eigenvalue weighted by molar-refractivity contribution is -0.148. The Morgan fingerprint density at radius 3 is 2.07 bits per heavy atom. The van der Waals surface area contributed by atoms with E-state index in [0.717, 1.165) is 12.8 Å². The van der Waals surface area contributed by atoms with Crippen molar-refractivity contribution in [2.24, 2.45) is 5.92 Å². The van der Waals surface area contributed by atoms with Crippen LogP contribution in [0.15, 0.2) is 0 Å². The number of carbonyl (C=O) groups excluding carboxylic acids is 1. The number of hydrogen-bond acceptors (Lipinski definition) is 4. The van der Waals surface area contributed by atoms with Gasteiger partial charge in [0, 0.05) is 5.92 Å². The molecule has 0 atom stereocenters. The average Bonchev–Trinajstić information content (AvgIpc) is 2.99. The fourth-order valence-corrected chi connectivity index (χ4v) is 2.43. The van der Waals surface area contributed by atoms with Crippen molar-refractivity contribution in [3.63, 3.8) is 0 Å². The van der Waals surface area contributed by atoms with Crippen molar-refractivity contribution >= 4 is 5.78 Å². The number of fused-ring (bicyclic) bond motifs is 2. The quantitative estimate of drug-likeness (QED) is 0.662. The minimum Gasteiger partial charge on any atom is -0.378 e. The number of ether oxygens (including phenoxy) is 2. The summed E-state index contributed by atoms with van der Waals surface area (Å²) in [5.41, 5.74) is 0. The van der Waals surface area contributed by atoms with Crippen LogP contribution < -0.4 is 0 Å². The Hall–Kier alpha value is -0.450. The highest BCUT2D eigenvalue weighted by Gasteiger charge is 2.39. The lowest BCUT2D eigenvalue weighted by Crippen LogP contribution is -2.60. The molecule has 1 aliphatic carbocycles. The molecule has 2 saturated heterocycles. The maximum absolute atomic E-state index is 11.8. The van der Waals surface area contributed by atoms with Gasteiger partial charge in [-0.25, -0.2) is 0 Å². The Morgan fingerprint density at radius 2 is 1.60 bits per heavy atom. The van der Waals surface area contributed by atoms with Gasteiger partial charge in [-0.1, -0.05) is 0 Å². The van der Waals surface area contributed by atoms with Gasteiger partial charge in [-0.05, 0) is 12.8 Å². The van der Waals surface area contributed by atoms with Gasteiger partial charge < -0.3 is 9.47 Å². The van der Waals surface area contributed by atoms with Crippen molar-refractivity contribution in [3.05, 3.63) is 0 Å². The van der Waals surface area contributed by atoms with E-state index in [2.05, 4.69) is 4.90 Å². The summed E-state index contributed by atoms with van der Waals surface area (Å²) < 4.78 is 11.0. The molecule has 0 aromatic heterocycles. The molecule has 2 aliphatic heterocycles. The van der Waals surface area contributed by atoms with E-state index in [1.807, 2.05) is 0 Å². The first-order valence-corrected chi connectivity index (χ1v) is 5.78. The Labute approximate surface area is 89.5 Å². The van der Waals surface area contributed by atoms with Crippen LogP contribution in [0.25, 0.3) is 0 Å². The van der Waals surface area contributed by atoms with Crippen molar-refractivity contribution in [2.45, 2.75) is 24.9 Å². The van der Waals surface area contributed by atoms with E-state index in [1.165, 1.54) is 0 Å². The first-order valence-electron chi connectivity index (χ1n) is 5.78. The van der Waals surface area contributed by atoms with Gasteiger partial charge >= 0.3 is 0 Å². The fourth-order valence-electron chi connectivity index (χ4n) is 2.43. The fraction of sp³-hybridized carbons (Fsp3) is 0.909. The number of Topliss-reactive ketones (excluding diaryl/α,β-unsaturated/α-hetero) is 1. The van der Waals surface area contributed by atoms with Crippen LogP contribution >= 0.6 is 0 Å². The lowest BCUT2D eigenvalue weighted by Gasteiger charge is -2.45. The van der Waals surface area contributed by atoms with E-state index in [9.17, 15) is 4.79 Å². The maximum atomic E-state index is 11.8. The summed E-state index contributed by atoms with van der Waals surface area (Å²) in [6.45, 7) is 3.48. The molecule has 1 saturated carbocycles. The molecule has 0 radical (unpaired) electrons. The first kappa shape index (κ1) is 9.75. The zero-order valence-electron chi connectivity index (χ0n) is 8.85. The second-order valence-electron chi connectivity index (χ2n) is 4.80. The van der Waals surface area contributed by atoms with E-state index in [4.69, 9.17) is 9.47 Å². The number of ketones is 1. The van der Waals surface area contributed by atoms with E-state index in [0.29, 0.717) is 56.8 Å². The summed E-state index contributed by atoms with van der Waals surface area (Å²) >= 11 is 0. The number of carbonyl (C=O) groups is 1. The van der Waals surface area contributed by atoms with Gasteiger partial charge in [0.25, 0.3) is 0 Å². The van der Waals surface area contributed by atoms with Crippen LogP contribution in [0.3, 0.4) is 0 Å². The Morgan fingerprint density at radius 1 is 1.07 bits per heavy atom. The number of nitrogens with zero attached hydrogens (tertiary/aromatic N) is 1. The van der Waals surface area contributed by atoms with Gasteiger partial charge in [0.15, 0.2) is 0 Å². The minimum absolute atomic E-state index is 0.306. The molecular weight excluding hydrogens is 194 g/mol. The summed E-state index contributed by atoms with van der Waals surface area (Å²) in [6, 6.07) is 0.611. The third-order valence-electron chi connectivity index (χ3n) is 3.55. The first-order chi connectivity index (χ1) is 7.34. The Bertz CT molecular complexity index is 243. The van der Waals surface area contributed by atoms with E-state index < -0.39 is 0 Å². The van der Waals surface area contributed by atoms with Crippen LogP contribution in [0.2, 0.25) is 0 Å². The predicted molar refractivity (Wildman–Crippen MR) is 53.7 cm³/mol. The molecule has 4 heteroatoms. The molecule has 2 bridgehead atoms. The normalized spacial score (nSPS) is 36.5. The molecule has 84 valence electrons. The highest BCUT2D eigenvalue weighted by molar-refractivity contribution is 5.85. The molecule has 0 spiro atoms. The van der Waals surface area contributed by atoms with Crippen LogP contribution in [-0.4, -0.2) is 55.7 Å². The molecule has 0 amide bonds. The molecule has 3 aliphatic rings. The second-order valence-corrected chi connectivity index (χ2v) is 4.80. The molecule has 0 unspecified atom stereocenters. The van der Waals surface area contributed by atoms with Crippen LogP contribution in [0.1, 0.15) is 12.8 Å². The largest absolute Gasteiger partial charge is 0.378 e. The standard InChI is InChI=1S/C11H17NO3/c13-11(8-1-2-8)3-12-9-4-14-6-10(12)7-15-5-9/h8-10H,1-7H2. The average molecular weight is 211 g/mol. The molecule has 0 aromatic carbocycles. The van der Waals surface area contributed by atoms with Crippen molar-refractivity contribution in [1.82, 2.24) is 4.90 Å². The molecule has 0 aromatic rings. The van der Waals surface area contributed by atoms with Crippen LogP contribution in [0.5, 0.6) is 0 Å². The third kappa shape index (κ3) is 1.94. The Balaban J connectivity index is 1.64. The summed E-state index contributed by atoms with van der Waals surface area (Å²) in [4.78, 5) is 14.1. The number of morpholine rings is 2. The summed E-state index contributed by atoms with van der Waals surface area (Å²) in [5, 5.41) is 0. The third-order valence-corrected chi connectivity index (χ3v) is 3.55. The van der Waals surface area contributed by atoms with Crippen molar-refractivity contribution in [2.75, 3.05) is 33.0 Å². The monoisotopic (exact) mass is 211 g/mol. The summed E-state index contributed by atoms with van der Waals surface area (Å²) in [7, 11) is 0. The Kier molecular flexibility index (Phi) is 2.50. The predicted octanol–water partition coefficient (Wildman–Crippen LogP) is 0.0651. The van der Waals surface area contributed by atoms with Crippen LogP contribution in [-0.2, 0) is 14.3 Å². The minimum atomic E-state index is 0.306. The van der Waals surface area contributed by atoms with E-state index >= 15 is 0 Å². The summed E-state index contributed by atoms with van der Waals surface area (Å²) in [5.74, 6) is 0.795. The topological polar surface area (TPSA) is 38.8 Å². The SMILES string of the molecule is O=C(CN1C2COCC1COC2)C1CC1. The van der Waals surface area contributed by atoms with Gasteiger partial charge in [-0.3, -0.25) is 9.69 Å². The van der Waals surface area contributed by atoms with Crippen LogP contribution in [0.4, 0.5) is 0 Å². The van der Waals surface area contributed by atoms with E-state index in [1.54, 1.807) is 0 Å². The molecular formula is C11H17NO3. The number of hydrogen-bond donors (Lipinski definition) is 0. The van der Waals surface area contributed by atoms with Gasteiger partial charge in [-0.2, -0.15) is 0 Å². The highest BCUT2D eigenvalue weighted by Crippen LogP contribution is 2.31. The number of rotatable bonds is 3. The second kappa shape index (κ2) is 3.85. The summed E-state index contributed by atoms with van der Waals surface area (Å²) in [6.07, 6.45) is 2.21. The van der Waals surface area contributed by atoms with Gasteiger partial charge in [0.2, 0.25) is 0 Å². The van der Waals surface area contributed by atoms with Gasteiger partial charge in [0.1, 0.15) is 5.78 Å². The molecule has 15 heavy (non-hydrogen) atoms. The van der Waals surface area contributed by atoms with Crippen LogP contribution in [0, 0.1) is 5.92 Å². The molecule has 0 N–H and O–H groups in total.